The van der Waals surface area contributed by atoms with Crippen LogP contribution in [0, 0.1) is 5.92 Å². The van der Waals surface area contributed by atoms with Gasteiger partial charge in [-0.3, -0.25) is 9.69 Å². The molecule has 2 saturated heterocycles. The van der Waals surface area contributed by atoms with E-state index < -0.39 is 15.8 Å². The van der Waals surface area contributed by atoms with Gasteiger partial charge in [0, 0.05) is 44.1 Å². The molecule has 7 heteroatoms. The fraction of sp³-hybridized carbons (Fsp3) is 0.409. The lowest BCUT2D eigenvalue weighted by Gasteiger charge is -2.36. The Bertz CT molecular complexity index is 937. The van der Waals surface area contributed by atoms with Gasteiger partial charge < -0.3 is 10.2 Å². The van der Waals surface area contributed by atoms with Gasteiger partial charge in [-0.05, 0) is 36.2 Å². The Morgan fingerprint density at radius 1 is 0.966 bits per heavy atom. The minimum atomic E-state index is -3.05. The summed E-state index contributed by atoms with van der Waals surface area (Å²) in [6.07, 6.45) is 0.416. The summed E-state index contributed by atoms with van der Waals surface area (Å²) in [6, 6.07) is 18.4. The van der Waals surface area contributed by atoms with Crippen LogP contribution in [0.5, 0.6) is 0 Å². The van der Waals surface area contributed by atoms with E-state index in [4.69, 9.17) is 0 Å². The maximum Gasteiger partial charge on any atom is 0.228 e. The van der Waals surface area contributed by atoms with Gasteiger partial charge in [-0.15, -0.1) is 0 Å². The maximum absolute atomic E-state index is 12.3. The normalized spacial score (nSPS) is 21.8. The van der Waals surface area contributed by atoms with E-state index >= 15 is 0 Å². The van der Waals surface area contributed by atoms with E-state index in [0.717, 1.165) is 38.4 Å². The molecular formula is C22H27N3O3S. The molecule has 0 spiro atoms. The van der Waals surface area contributed by atoms with E-state index in [-0.39, 0.29) is 17.4 Å². The summed E-state index contributed by atoms with van der Waals surface area (Å²) >= 11 is 0. The number of benzene rings is 2. The number of anilines is 2. The van der Waals surface area contributed by atoms with Crippen molar-refractivity contribution in [3.63, 3.8) is 0 Å². The molecule has 6 nitrogen and oxygen atoms in total. The lowest BCUT2D eigenvalue weighted by molar-refractivity contribution is -0.119. The topological polar surface area (TPSA) is 69.7 Å². The van der Waals surface area contributed by atoms with Crippen LogP contribution in [-0.2, 0) is 21.2 Å². The molecule has 1 N–H and O–H groups in total. The summed E-state index contributed by atoms with van der Waals surface area (Å²) in [5, 5.41) is 2.86. The van der Waals surface area contributed by atoms with Crippen molar-refractivity contribution in [3.8, 4) is 0 Å². The van der Waals surface area contributed by atoms with Crippen molar-refractivity contribution in [2.45, 2.75) is 13.0 Å². The highest BCUT2D eigenvalue weighted by molar-refractivity contribution is 7.91. The van der Waals surface area contributed by atoms with E-state index in [1.54, 1.807) is 0 Å². The maximum atomic E-state index is 12.3. The van der Waals surface area contributed by atoms with Crippen LogP contribution < -0.4 is 10.2 Å². The lowest BCUT2D eigenvalue weighted by atomic mass is 10.1. The minimum absolute atomic E-state index is 0.0375. The van der Waals surface area contributed by atoms with Crippen LogP contribution in [0.15, 0.2) is 54.6 Å². The van der Waals surface area contributed by atoms with E-state index in [9.17, 15) is 13.2 Å². The Hall–Kier alpha value is -2.38. The predicted octanol–water partition coefficient (Wildman–Crippen LogP) is 2.38. The second-order valence-electron chi connectivity index (χ2n) is 7.88. The number of carbonyl (C=O) groups excluding carboxylic acids is 1. The molecule has 2 aliphatic heterocycles. The summed E-state index contributed by atoms with van der Waals surface area (Å²) in [6.45, 7) is 4.96. The molecular weight excluding hydrogens is 386 g/mol. The van der Waals surface area contributed by atoms with Crippen LogP contribution in [-0.4, -0.2) is 56.9 Å². The summed E-state index contributed by atoms with van der Waals surface area (Å²) in [4.78, 5) is 17.1. The van der Waals surface area contributed by atoms with E-state index in [1.165, 1.54) is 5.56 Å². The van der Waals surface area contributed by atoms with Crippen molar-refractivity contribution in [1.29, 1.82) is 0 Å². The average Bonchev–Trinajstić information content (AvgIpc) is 3.10. The molecule has 0 saturated carbocycles. The molecule has 1 unspecified atom stereocenters. The van der Waals surface area contributed by atoms with Gasteiger partial charge >= 0.3 is 0 Å². The van der Waals surface area contributed by atoms with E-state index in [2.05, 4.69) is 39.4 Å². The van der Waals surface area contributed by atoms with E-state index in [1.807, 2.05) is 30.3 Å². The molecule has 154 valence electrons. The third-order valence-electron chi connectivity index (χ3n) is 5.72. The number of carbonyl (C=O) groups is 1. The summed E-state index contributed by atoms with van der Waals surface area (Å²) in [5.74, 6) is -0.560. The Balaban J connectivity index is 1.28. The van der Waals surface area contributed by atoms with Crippen LogP contribution in [0.4, 0.5) is 11.4 Å². The van der Waals surface area contributed by atoms with Gasteiger partial charge in [-0.1, -0.05) is 30.3 Å². The van der Waals surface area contributed by atoms with Crippen molar-refractivity contribution in [1.82, 2.24) is 4.90 Å². The summed E-state index contributed by atoms with van der Waals surface area (Å²) < 4.78 is 23.1. The number of nitrogens with one attached hydrogen (secondary N) is 1. The third kappa shape index (κ3) is 5.16. The number of sulfone groups is 1. The van der Waals surface area contributed by atoms with Gasteiger partial charge in [0.25, 0.3) is 0 Å². The highest BCUT2D eigenvalue weighted by Crippen LogP contribution is 2.23. The molecule has 0 radical (unpaired) electrons. The molecule has 29 heavy (non-hydrogen) atoms. The van der Waals surface area contributed by atoms with Crippen LogP contribution >= 0.6 is 0 Å². The third-order valence-corrected chi connectivity index (χ3v) is 7.49. The van der Waals surface area contributed by atoms with Crippen LogP contribution in [0.25, 0.3) is 0 Å². The first-order valence-corrected chi connectivity index (χ1v) is 11.9. The molecule has 2 aliphatic rings. The second-order valence-corrected chi connectivity index (χ2v) is 10.1. The zero-order valence-corrected chi connectivity index (χ0v) is 17.3. The first kappa shape index (κ1) is 19.9. The first-order chi connectivity index (χ1) is 14.0. The zero-order chi connectivity index (χ0) is 20.3. The van der Waals surface area contributed by atoms with Gasteiger partial charge in [0.05, 0.1) is 17.4 Å². The molecule has 0 aliphatic carbocycles. The first-order valence-electron chi connectivity index (χ1n) is 10.1. The Morgan fingerprint density at radius 3 is 2.28 bits per heavy atom. The number of hydrogen-bond acceptors (Lipinski definition) is 5. The van der Waals surface area contributed by atoms with Crippen LogP contribution in [0.1, 0.15) is 12.0 Å². The quantitative estimate of drug-likeness (QED) is 0.815. The van der Waals surface area contributed by atoms with Gasteiger partial charge in [0.1, 0.15) is 0 Å². The Kier molecular flexibility index (Phi) is 5.87. The Morgan fingerprint density at radius 2 is 1.66 bits per heavy atom. The summed E-state index contributed by atoms with van der Waals surface area (Å²) in [5.41, 5.74) is 3.20. The average molecular weight is 414 g/mol. The fourth-order valence-corrected chi connectivity index (χ4v) is 5.75. The van der Waals surface area contributed by atoms with Crippen LogP contribution in [0.2, 0.25) is 0 Å². The molecule has 2 heterocycles. The molecule has 2 aromatic rings. The highest BCUT2D eigenvalue weighted by Gasteiger charge is 2.32. The molecule has 1 amide bonds. The minimum Gasteiger partial charge on any atom is -0.369 e. The van der Waals surface area contributed by atoms with Crippen molar-refractivity contribution >= 4 is 27.1 Å². The second kappa shape index (κ2) is 8.55. The van der Waals surface area contributed by atoms with Crippen molar-refractivity contribution in [2.24, 2.45) is 5.92 Å². The molecule has 0 bridgehead atoms. The number of amides is 1. The van der Waals surface area contributed by atoms with Gasteiger partial charge in [0.15, 0.2) is 9.84 Å². The van der Waals surface area contributed by atoms with Gasteiger partial charge in [-0.2, -0.15) is 0 Å². The van der Waals surface area contributed by atoms with Crippen molar-refractivity contribution in [2.75, 3.05) is 47.9 Å². The number of hydrogen-bond donors (Lipinski definition) is 1. The largest absolute Gasteiger partial charge is 0.369 e. The molecule has 2 aromatic carbocycles. The molecule has 4 rings (SSSR count). The summed E-state index contributed by atoms with van der Waals surface area (Å²) in [7, 11) is -3.05. The molecule has 1 atom stereocenters. The highest BCUT2D eigenvalue weighted by atomic mass is 32.2. The number of piperazine rings is 1. The Labute approximate surface area is 172 Å². The molecule has 0 aromatic heterocycles. The number of rotatable bonds is 5. The van der Waals surface area contributed by atoms with E-state index in [0.29, 0.717) is 12.1 Å². The zero-order valence-electron chi connectivity index (χ0n) is 16.5. The predicted molar refractivity (Wildman–Crippen MR) is 116 cm³/mol. The lowest BCUT2D eigenvalue weighted by Crippen LogP contribution is -2.45. The standard InChI is InChI=1S/C22H27N3O3S/c26-22(19-10-15-29(27,28)17-19)23-20-6-8-21(9-7-20)25-13-11-24(12-14-25)16-18-4-2-1-3-5-18/h1-9,19H,10-17H2,(H,23,26). The monoisotopic (exact) mass is 413 g/mol. The fourth-order valence-electron chi connectivity index (χ4n) is 4.01. The van der Waals surface area contributed by atoms with Gasteiger partial charge in [-0.25, -0.2) is 8.42 Å². The van der Waals surface area contributed by atoms with Gasteiger partial charge in [0.2, 0.25) is 5.91 Å². The number of nitrogens with zero attached hydrogens (tertiary/aromatic N) is 2. The smallest absolute Gasteiger partial charge is 0.228 e. The van der Waals surface area contributed by atoms with Crippen molar-refractivity contribution < 1.29 is 13.2 Å². The molecule has 2 fully saturated rings. The van der Waals surface area contributed by atoms with Crippen LogP contribution in [0.3, 0.4) is 0 Å². The van der Waals surface area contributed by atoms with Crippen molar-refractivity contribution in [3.05, 3.63) is 60.2 Å². The SMILES string of the molecule is O=C(Nc1ccc(N2CCN(Cc3ccccc3)CC2)cc1)C1CCS(=O)(=O)C1.